The maximum absolute atomic E-state index is 8.57. The van der Waals surface area contributed by atoms with Gasteiger partial charge in [-0.1, -0.05) is 32.8 Å². The van der Waals surface area contributed by atoms with Crippen LogP contribution >= 0.6 is 0 Å². The van der Waals surface area contributed by atoms with E-state index in [4.69, 9.17) is 14.7 Å². The van der Waals surface area contributed by atoms with Crippen molar-refractivity contribution in [3.63, 3.8) is 0 Å². The molecule has 2 rings (SSSR count). The fraction of sp³-hybridized carbons (Fsp3) is 0.750. The van der Waals surface area contributed by atoms with Gasteiger partial charge in [0.25, 0.3) is 0 Å². The SMILES string of the molecule is CC1(C)C(COc2ccn(OCO)n2)C1(C)C. The van der Waals surface area contributed by atoms with Crippen molar-refractivity contribution in [2.45, 2.75) is 27.7 Å². The van der Waals surface area contributed by atoms with Crippen LogP contribution in [-0.4, -0.2) is 28.5 Å². The molecule has 5 nitrogen and oxygen atoms in total. The van der Waals surface area contributed by atoms with Crippen molar-refractivity contribution in [2.75, 3.05) is 13.4 Å². The molecule has 0 radical (unpaired) electrons. The van der Waals surface area contributed by atoms with Crippen LogP contribution in [0.5, 0.6) is 5.88 Å². The molecule has 0 amide bonds. The first-order valence-electron chi connectivity index (χ1n) is 5.82. The van der Waals surface area contributed by atoms with Crippen molar-refractivity contribution >= 4 is 0 Å². The number of hydrogen-bond acceptors (Lipinski definition) is 4. The summed E-state index contributed by atoms with van der Waals surface area (Å²) >= 11 is 0. The summed E-state index contributed by atoms with van der Waals surface area (Å²) in [7, 11) is 0. The lowest BCUT2D eigenvalue weighted by Gasteiger charge is -2.04. The Kier molecular flexibility index (Phi) is 2.81. The quantitative estimate of drug-likeness (QED) is 0.789. The van der Waals surface area contributed by atoms with Gasteiger partial charge in [-0.05, 0) is 10.8 Å². The normalized spacial score (nSPS) is 21.2. The van der Waals surface area contributed by atoms with Crippen LogP contribution in [0.3, 0.4) is 0 Å². The van der Waals surface area contributed by atoms with E-state index < -0.39 is 6.79 Å². The lowest BCUT2D eigenvalue weighted by atomic mass is 10.0. The molecule has 0 aromatic carbocycles. The van der Waals surface area contributed by atoms with Crippen LogP contribution in [0.25, 0.3) is 0 Å². The van der Waals surface area contributed by atoms with E-state index in [1.165, 1.54) is 4.85 Å². The molecule has 0 spiro atoms. The molecular weight excluding hydrogens is 220 g/mol. The number of aliphatic hydroxyl groups is 1. The van der Waals surface area contributed by atoms with Crippen LogP contribution in [0, 0.1) is 16.7 Å². The first-order chi connectivity index (χ1) is 7.89. The Bertz CT molecular complexity index is 384. The highest BCUT2D eigenvalue weighted by atomic mass is 16.7. The van der Waals surface area contributed by atoms with Gasteiger partial charge in [-0.3, -0.25) is 0 Å². The third kappa shape index (κ3) is 1.99. The largest absolute Gasteiger partial charge is 0.476 e. The summed E-state index contributed by atoms with van der Waals surface area (Å²) in [6.45, 7) is 9.30. The van der Waals surface area contributed by atoms with Crippen LogP contribution in [0.4, 0.5) is 0 Å². The lowest BCUT2D eigenvalue weighted by molar-refractivity contribution is -0.0285. The van der Waals surface area contributed by atoms with E-state index in [1.54, 1.807) is 12.3 Å². The average molecular weight is 240 g/mol. The van der Waals surface area contributed by atoms with Gasteiger partial charge in [0, 0.05) is 12.0 Å². The van der Waals surface area contributed by atoms with E-state index in [9.17, 15) is 0 Å². The van der Waals surface area contributed by atoms with Crippen LogP contribution < -0.4 is 9.57 Å². The van der Waals surface area contributed by atoms with Crippen molar-refractivity contribution < 1.29 is 14.7 Å². The zero-order chi connectivity index (χ0) is 12.7. The Labute approximate surface area is 101 Å². The Hall–Kier alpha value is -1.23. The maximum Gasteiger partial charge on any atom is 0.236 e. The number of hydrogen-bond donors (Lipinski definition) is 1. The van der Waals surface area contributed by atoms with E-state index in [0.717, 1.165) is 0 Å². The van der Waals surface area contributed by atoms with Crippen molar-refractivity contribution in [1.82, 2.24) is 9.94 Å². The molecule has 0 atom stereocenters. The molecule has 0 bridgehead atoms. The Morgan fingerprint density at radius 3 is 2.53 bits per heavy atom. The lowest BCUT2D eigenvalue weighted by Crippen LogP contribution is -2.13. The van der Waals surface area contributed by atoms with Crippen molar-refractivity contribution in [3.8, 4) is 5.88 Å². The Morgan fingerprint density at radius 2 is 2.00 bits per heavy atom. The molecule has 17 heavy (non-hydrogen) atoms. The van der Waals surface area contributed by atoms with Crippen molar-refractivity contribution in [3.05, 3.63) is 12.3 Å². The molecule has 1 aromatic heterocycles. The number of aromatic nitrogens is 2. The highest BCUT2D eigenvalue weighted by molar-refractivity contribution is 5.13. The van der Waals surface area contributed by atoms with E-state index >= 15 is 0 Å². The van der Waals surface area contributed by atoms with Crippen molar-refractivity contribution in [1.29, 1.82) is 0 Å². The maximum atomic E-state index is 8.57. The smallest absolute Gasteiger partial charge is 0.236 e. The number of nitrogens with zero attached hydrogens (tertiary/aromatic N) is 2. The topological polar surface area (TPSA) is 56.5 Å². The summed E-state index contributed by atoms with van der Waals surface area (Å²) in [6, 6.07) is 1.72. The highest BCUT2D eigenvalue weighted by Gasteiger charge is 2.64. The molecule has 96 valence electrons. The van der Waals surface area contributed by atoms with Crippen LogP contribution in [0.2, 0.25) is 0 Å². The predicted molar refractivity (Wildman–Crippen MR) is 62.4 cm³/mol. The molecule has 1 aliphatic carbocycles. The second kappa shape index (κ2) is 3.91. The standard InChI is InChI=1S/C12H20N2O3/c1-11(2)9(12(11,3)4)7-16-10-5-6-14(13-10)17-8-15/h5-6,9,15H,7-8H2,1-4H3. The summed E-state index contributed by atoms with van der Waals surface area (Å²) in [4.78, 5) is 5.96. The summed E-state index contributed by atoms with van der Waals surface area (Å²) < 4.78 is 5.63. The molecule has 1 N–H and O–H groups in total. The Balaban J connectivity index is 1.87. The van der Waals surface area contributed by atoms with Crippen LogP contribution in [0.15, 0.2) is 12.3 Å². The molecule has 0 saturated heterocycles. The highest BCUT2D eigenvalue weighted by Crippen LogP contribution is 2.68. The predicted octanol–water partition coefficient (Wildman–Crippen LogP) is 1.32. The summed E-state index contributed by atoms with van der Waals surface area (Å²) in [6.07, 6.45) is 1.61. The zero-order valence-corrected chi connectivity index (χ0v) is 10.8. The monoisotopic (exact) mass is 240 g/mol. The minimum atomic E-state index is -0.399. The van der Waals surface area contributed by atoms with E-state index in [1.807, 2.05) is 0 Å². The molecule has 0 aliphatic heterocycles. The van der Waals surface area contributed by atoms with E-state index in [2.05, 4.69) is 32.8 Å². The molecule has 1 aromatic rings. The molecule has 0 unspecified atom stereocenters. The van der Waals surface area contributed by atoms with Gasteiger partial charge in [-0.15, -0.1) is 4.85 Å². The second-order valence-electron chi connectivity index (χ2n) is 5.62. The third-order valence-electron chi connectivity index (χ3n) is 4.45. The average Bonchev–Trinajstić information content (AvgIpc) is 2.59. The summed E-state index contributed by atoms with van der Waals surface area (Å²) in [5, 5.41) is 12.6. The molecule has 1 aliphatic rings. The molecule has 1 fully saturated rings. The minimum absolute atomic E-state index is 0.317. The second-order valence-corrected chi connectivity index (χ2v) is 5.62. The molecule has 1 saturated carbocycles. The van der Waals surface area contributed by atoms with Gasteiger partial charge in [-0.25, -0.2) is 0 Å². The van der Waals surface area contributed by atoms with Gasteiger partial charge in [0.2, 0.25) is 12.7 Å². The van der Waals surface area contributed by atoms with Gasteiger partial charge in [0.15, 0.2) is 0 Å². The van der Waals surface area contributed by atoms with Crippen molar-refractivity contribution in [2.24, 2.45) is 16.7 Å². The first-order valence-corrected chi connectivity index (χ1v) is 5.82. The molecule has 5 heteroatoms. The van der Waals surface area contributed by atoms with Crippen LogP contribution in [0.1, 0.15) is 27.7 Å². The molecule has 1 heterocycles. The van der Waals surface area contributed by atoms with Gasteiger partial charge in [0.05, 0.1) is 12.8 Å². The fourth-order valence-electron chi connectivity index (χ4n) is 2.42. The number of rotatable bonds is 5. The summed E-state index contributed by atoms with van der Waals surface area (Å²) in [5.41, 5.74) is 0.633. The number of ether oxygens (including phenoxy) is 1. The van der Waals surface area contributed by atoms with E-state index in [-0.39, 0.29) is 0 Å². The third-order valence-corrected chi connectivity index (χ3v) is 4.45. The fourth-order valence-corrected chi connectivity index (χ4v) is 2.42. The minimum Gasteiger partial charge on any atom is -0.476 e. The molecular formula is C12H20N2O3. The first kappa shape index (κ1) is 12.2. The Morgan fingerprint density at radius 1 is 1.35 bits per heavy atom. The summed E-state index contributed by atoms with van der Waals surface area (Å²) in [5.74, 6) is 1.07. The van der Waals surface area contributed by atoms with E-state index in [0.29, 0.717) is 29.2 Å². The van der Waals surface area contributed by atoms with Gasteiger partial charge in [0.1, 0.15) is 0 Å². The van der Waals surface area contributed by atoms with Gasteiger partial charge in [-0.2, -0.15) is 0 Å². The zero-order valence-electron chi connectivity index (χ0n) is 10.8. The van der Waals surface area contributed by atoms with Gasteiger partial charge >= 0.3 is 0 Å². The number of aliphatic hydroxyl groups excluding tert-OH is 1. The van der Waals surface area contributed by atoms with Crippen LogP contribution in [-0.2, 0) is 0 Å². The van der Waals surface area contributed by atoms with Gasteiger partial charge < -0.3 is 14.7 Å².